The molecule has 4 aromatic rings. The van der Waals surface area contributed by atoms with Gasteiger partial charge in [-0.15, -0.1) is 9.73 Å². The van der Waals surface area contributed by atoms with Gasteiger partial charge in [-0.1, -0.05) is 29.4 Å². The predicted octanol–water partition coefficient (Wildman–Crippen LogP) is 2.79. The number of thioether (sulfide) groups is 1. The Morgan fingerprint density at radius 3 is 2.71 bits per heavy atom. The molecule has 0 saturated heterocycles. The molecule has 0 atom stereocenters. The molecule has 1 aromatic carbocycles. The van der Waals surface area contributed by atoms with Crippen LogP contribution in [0.25, 0.3) is 11.2 Å². The van der Waals surface area contributed by atoms with E-state index in [1.54, 1.807) is 6.07 Å². The minimum atomic E-state index is -1.04. The van der Waals surface area contributed by atoms with Gasteiger partial charge in [0.05, 0.1) is 11.9 Å². The van der Waals surface area contributed by atoms with Crippen molar-refractivity contribution in [3.05, 3.63) is 85.7 Å². The lowest BCUT2D eigenvalue weighted by molar-refractivity contribution is 0.601. The fraction of sp³-hybridized carbons (Fsp3) is 0.0588. The largest absolute Gasteiger partial charge is 0.324 e. The molecule has 0 spiro atoms. The van der Waals surface area contributed by atoms with E-state index in [1.165, 1.54) is 30.6 Å². The second kappa shape index (κ2) is 7.21. The smallest absolute Gasteiger partial charge is 0.285 e. The molecule has 3 heterocycles. The highest BCUT2D eigenvalue weighted by atomic mass is 35.5. The zero-order valence-corrected chi connectivity index (χ0v) is 15.5. The Morgan fingerprint density at radius 1 is 1.14 bits per heavy atom. The zero-order valence-electron chi connectivity index (χ0n) is 13.9. The number of hydrogen-bond acceptors (Lipinski definition) is 5. The van der Waals surface area contributed by atoms with Gasteiger partial charge in [0.1, 0.15) is 5.82 Å². The number of H-pyrrole nitrogens is 1. The summed E-state index contributed by atoms with van der Waals surface area (Å²) in [5, 5.41) is 8.61. The van der Waals surface area contributed by atoms with Crippen molar-refractivity contribution >= 4 is 28.9 Å². The van der Waals surface area contributed by atoms with Crippen LogP contribution in [-0.2, 0) is 5.75 Å². The highest BCUT2D eigenvalue weighted by molar-refractivity contribution is 7.98. The Balaban J connectivity index is 1.83. The molecule has 142 valence electrons. The van der Waals surface area contributed by atoms with Gasteiger partial charge in [-0.05, 0) is 23.8 Å². The molecule has 0 fully saturated rings. The first-order valence-electron chi connectivity index (χ1n) is 7.86. The molecule has 11 heteroatoms. The van der Waals surface area contributed by atoms with E-state index in [4.69, 9.17) is 11.6 Å². The number of pyridine rings is 1. The Morgan fingerprint density at radius 2 is 1.96 bits per heavy atom. The molecular weight excluding hydrogens is 412 g/mol. The van der Waals surface area contributed by atoms with E-state index >= 15 is 0 Å². The Kier molecular flexibility index (Phi) is 4.73. The number of fused-ring (bicyclic) bond motifs is 1. The van der Waals surface area contributed by atoms with E-state index in [2.05, 4.69) is 15.2 Å². The van der Waals surface area contributed by atoms with Crippen LogP contribution in [-0.4, -0.2) is 24.4 Å². The van der Waals surface area contributed by atoms with Crippen LogP contribution in [0.1, 0.15) is 5.56 Å². The summed E-state index contributed by atoms with van der Waals surface area (Å²) in [5.41, 5.74) is -0.833. The molecule has 4 rings (SSSR count). The van der Waals surface area contributed by atoms with Crippen molar-refractivity contribution in [3.63, 3.8) is 0 Å². The first-order chi connectivity index (χ1) is 13.4. The van der Waals surface area contributed by atoms with E-state index in [0.29, 0.717) is 5.56 Å². The van der Waals surface area contributed by atoms with Gasteiger partial charge in [-0.2, -0.15) is 5.10 Å². The highest BCUT2D eigenvalue weighted by Gasteiger charge is 2.16. The molecule has 0 radical (unpaired) electrons. The second-order valence-corrected chi connectivity index (χ2v) is 7.07. The summed E-state index contributed by atoms with van der Waals surface area (Å²) in [5.74, 6) is -1.41. The molecule has 0 aliphatic rings. The van der Waals surface area contributed by atoms with Crippen molar-refractivity contribution in [2.45, 2.75) is 10.9 Å². The number of halogens is 3. The van der Waals surface area contributed by atoms with Crippen LogP contribution in [0.2, 0.25) is 5.02 Å². The third-order valence-corrected chi connectivity index (χ3v) is 5.10. The molecule has 28 heavy (non-hydrogen) atoms. The van der Waals surface area contributed by atoms with Crippen LogP contribution in [0.3, 0.4) is 0 Å². The van der Waals surface area contributed by atoms with Gasteiger partial charge in [0, 0.05) is 23.0 Å². The lowest BCUT2D eigenvalue weighted by Crippen LogP contribution is -2.25. The number of aromatic nitrogens is 5. The maximum atomic E-state index is 14.1. The van der Waals surface area contributed by atoms with Gasteiger partial charge in [0.2, 0.25) is 0 Å². The van der Waals surface area contributed by atoms with E-state index < -0.39 is 22.8 Å². The standard InChI is InChI=1S/C17H10ClF2N5O2S/c18-10-2-1-9(12(19)5-10)8-28-17-23-25-14(3-4-22-25)16(27)24(17)11-6-13(20)15(26)21-7-11/h1-7H,8H2,(H,21,26). The molecular formula is C17H10ClF2N5O2S. The maximum Gasteiger partial charge on any atom is 0.285 e. The summed E-state index contributed by atoms with van der Waals surface area (Å²) in [6.07, 6.45) is 2.60. The van der Waals surface area contributed by atoms with Gasteiger partial charge in [0.25, 0.3) is 11.1 Å². The molecule has 3 aromatic heterocycles. The number of aromatic amines is 1. The van der Waals surface area contributed by atoms with Crippen molar-refractivity contribution < 1.29 is 8.78 Å². The number of nitrogens with zero attached hydrogens (tertiary/aromatic N) is 4. The van der Waals surface area contributed by atoms with Crippen LogP contribution < -0.4 is 11.1 Å². The molecule has 7 nitrogen and oxygen atoms in total. The summed E-state index contributed by atoms with van der Waals surface area (Å²) in [7, 11) is 0. The quantitative estimate of drug-likeness (QED) is 0.512. The SMILES string of the molecule is O=c1[nH]cc(-n2c(SCc3ccc(Cl)cc3F)nn3nccc3c2=O)cc1F. The molecule has 0 aliphatic carbocycles. The average Bonchev–Trinajstić information content (AvgIpc) is 3.12. The predicted molar refractivity (Wildman–Crippen MR) is 100 cm³/mol. The summed E-state index contributed by atoms with van der Waals surface area (Å²) < 4.78 is 30.1. The lowest BCUT2D eigenvalue weighted by Gasteiger charge is -2.12. The Bertz CT molecular complexity index is 1320. The van der Waals surface area contributed by atoms with Gasteiger partial charge in [-0.3, -0.25) is 14.2 Å². The third kappa shape index (κ3) is 3.32. The number of rotatable bonds is 4. The van der Waals surface area contributed by atoms with Gasteiger partial charge < -0.3 is 4.98 Å². The normalized spacial score (nSPS) is 11.2. The van der Waals surface area contributed by atoms with Crippen molar-refractivity contribution in [1.82, 2.24) is 24.4 Å². The Labute approximate surface area is 164 Å². The van der Waals surface area contributed by atoms with Crippen LogP contribution in [0, 0.1) is 11.6 Å². The lowest BCUT2D eigenvalue weighted by atomic mass is 10.2. The van der Waals surface area contributed by atoms with Crippen molar-refractivity contribution in [2.24, 2.45) is 0 Å². The highest BCUT2D eigenvalue weighted by Crippen LogP contribution is 2.25. The van der Waals surface area contributed by atoms with Crippen molar-refractivity contribution in [2.75, 3.05) is 0 Å². The van der Waals surface area contributed by atoms with Crippen molar-refractivity contribution in [1.29, 1.82) is 0 Å². The maximum absolute atomic E-state index is 14.1. The summed E-state index contributed by atoms with van der Waals surface area (Å²) in [4.78, 5) is 26.4. The molecule has 0 aliphatic heterocycles. The minimum Gasteiger partial charge on any atom is -0.324 e. The third-order valence-electron chi connectivity index (χ3n) is 3.89. The fourth-order valence-electron chi connectivity index (χ4n) is 2.54. The minimum absolute atomic E-state index is 0.0809. The first kappa shape index (κ1) is 18.4. The van der Waals surface area contributed by atoms with E-state index in [-0.39, 0.29) is 27.1 Å². The van der Waals surface area contributed by atoms with Gasteiger partial charge in [-0.25, -0.2) is 8.78 Å². The summed E-state index contributed by atoms with van der Waals surface area (Å²) >= 11 is 6.81. The number of benzene rings is 1. The van der Waals surface area contributed by atoms with Crippen LogP contribution in [0.4, 0.5) is 8.78 Å². The monoisotopic (exact) mass is 421 g/mol. The average molecular weight is 422 g/mol. The molecule has 0 amide bonds. The van der Waals surface area contributed by atoms with E-state index in [1.807, 2.05) is 0 Å². The van der Waals surface area contributed by atoms with E-state index in [9.17, 15) is 18.4 Å². The Hall–Kier alpha value is -2.98. The number of nitrogens with one attached hydrogen (secondary N) is 1. The molecule has 0 bridgehead atoms. The summed E-state index contributed by atoms with van der Waals surface area (Å²) in [6, 6.07) is 6.66. The molecule has 1 N–H and O–H groups in total. The van der Waals surface area contributed by atoms with Gasteiger partial charge in [0.15, 0.2) is 16.5 Å². The van der Waals surface area contributed by atoms with E-state index in [0.717, 1.165) is 27.0 Å². The van der Waals surface area contributed by atoms with Gasteiger partial charge >= 0.3 is 0 Å². The molecule has 0 saturated carbocycles. The first-order valence-corrected chi connectivity index (χ1v) is 9.23. The zero-order chi connectivity index (χ0) is 19.8. The number of hydrogen-bond donors (Lipinski definition) is 1. The second-order valence-electron chi connectivity index (χ2n) is 5.69. The van der Waals surface area contributed by atoms with Crippen LogP contribution >= 0.6 is 23.4 Å². The molecule has 0 unspecified atom stereocenters. The van der Waals surface area contributed by atoms with Crippen molar-refractivity contribution in [3.8, 4) is 5.69 Å². The topological polar surface area (TPSA) is 85.1 Å². The van der Waals surface area contributed by atoms with Crippen LogP contribution in [0.15, 0.2) is 57.5 Å². The van der Waals surface area contributed by atoms with Crippen LogP contribution in [0.5, 0.6) is 0 Å². The fourth-order valence-corrected chi connectivity index (χ4v) is 3.67. The summed E-state index contributed by atoms with van der Waals surface area (Å²) in [6.45, 7) is 0.